The van der Waals surface area contributed by atoms with Crippen molar-refractivity contribution < 1.29 is 13.2 Å². The van der Waals surface area contributed by atoms with Crippen molar-refractivity contribution in [3.63, 3.8) is 0 Å². The van der Waals surface area contributed by atoms with Crippen LogP contribution in [0.1, 0.15) is 40.7 Å². The number of piperidine rings is 1. The molecule has 0 aromatic heterocycles. The first kappa shape index (κ1) is 19.6. The van der Waals surface area contributed by atoms with Gasteiger partial charge in [0.1, 0.15) is 0 Å². The van der Waals surface area contributed by atoms with Gasteiger partial charge in [-0.05, 0) is 61.3 Å². The van der Waals surface area contributed by atoms with Gasteiger partial charge in [0.05, 0.1) is 4.90 Å². The summed E-state index contributed by atoms with van der Waals surface area (Å²) in [6.45, 7) is 3.63. The molecule has 0 unspecified atom stereocenters. The number of amides is 1. The van der Waals surface area contributed by atoms with Gasteiger partial charge >= 0.3 is 0 Å². The summed E-state index contributed by atoms with van der Waals surface area (Å²) >= 11 is 0. The zero-order valence-corrected chi connectivity index (χ0v) is 16.5. The number of hydrogen-bond donors (Lipinski definition) is 1. The van der Waals surface area contributed by atoms with Gasteiger partial charge in [0.2, 0.25) is 0 Å². The Balaban J connectivity index is 1.63. The summed E-state index contributed by atoms with van der Waals surface area (Å²) in [5.41, 5.74) is 2.81. The molecule has 0 spiro atoms. The van der Waals surface area contributed by atoms with Crippen molar-refractivity contribution in [2.24, 2.45) is 0 Å². The number of benzene rings is 2. The quantitative estimate of drug-likeness (QED) is 0.829. The topological polar surface area (TPSA) is 66.5 Å². The predicted molar refractivity (Wildman–Crippen MR) is 106 cm³/mol. The Labute approximate surface area is 161 Å². The van der Waals surface area contributed by atoms with E-state index in [2.05, 4.69) is 16.3 Å². The number of nitrogens with zero attached hydrogens (tertiary/aromatic N) is 1. The van der Waals surface area contributed by atoms with Crippen LogP contribution >= 0.6 is 0 Å². The number of sulfone groups is 1. The number of carbonyl (C=O) groups is 1. The van der Waals surface area contributed by atoms with Gasteiger partial charge in [-0.3, -0.25) is 9.69 Å². The molecule has 27 heavy (non-hydrogen) atoms. The maximum atomic E-state index is 12.4. The zero-order valence-electron chi connectivity index (χ0n) is 15.6. The van der Waals surface area contributed by atoms with Crippen LogP contribution in [0.15, 0.2) is 53.4 Å². The van der Waals surface area contributed by atoms with E-state index in [4.69, 9.17) is 0 Å². The van der Waals surface area contributed by atoms with Crippen molar-refractivity contribution in [2.75, 3.05) is 19.3 Å². The zero-order chi connectivity index (χ0) is 19.3. The Morgan fingerprint density at radius 2 is 1.59 bits per heavy atom. The average molecular weight is 387 g/mol. The second-order valence-electron chi connectivity index (χ2n) is 7.08. The summed E-state index contributed by atoms with van der Waals surface area (Å²) in [5, 5.41) is 2.94. The van der Waals surface area contributed by atoms with E-state index in [1.807, 2.05) is 18.2 Å². The minimum Gasteiger partial charge on any atom is -0.348 e. The van der Waals surface area contributed by atoms with Crippen molar-refractivity contribution in [2.45, 2.75) is 37.2 Å². The molecule has 5 nitrogen and oxygen atoms in total. The van der Waals surface area contributed by atoms with Gasteiger partial charge < -0.3 is 5.32 Å². The molecule has 2 aromatic rings. The van der Waals surface area contributed by atoms with Crippen molar-refractivity contribution in [3.8, 4) is 0 Å². The minimum absolute atomic E-state index is 0.206. The van der Waals surface area contributed by atoms with E-state index in [0.29, 0.717) is 12.1 Å². The molecule has 0 bridgehead atoms. The van der Waals surface area contributed by atoms with E-state index in [9.17, 15) is 13.2 Å². The molecule has 144 valence electrons. The first-order chi connectivity index (χ1) is 12.9. The Bertz CT molecular complexity index is 886. The maximum Gasteiger partial charge on any atom is 0.251 e. The Kier molecular flexibility index (Phi) is 6.29. The second-order valence-corrected chi connectivity index (χ2v) is 9.10. The van der Waals surface area contributed by atoms with Crippen LogP contribution < -0.4 is 5.32 Å². The van der Waals surface area contributed by atoms with E-state index in [1.54, 1.807) is 12.1 Å². The van der Waals surface area contributed by atoms with Gasteiger partial charge in [-0.1, -0.05) is 30.7 Å². The Morgan fingerprint density at radius 1 is 0.963 bits per heavy atom. The predicted octanol–water partition coefficient (Wildman–Crippen LogP) is 3.01. The van der Waals surface area contributed by atoms with Crippen LogP contribution in [-0.4, -0.2) is 38.6 Å². The van der Waals surface area contributed by atoms with Gasteiger partial charge in [0, 0.05) is 24.9 Å². The summed E-state index contributed by atoms with van der Waals surface area (Å²) in [6, 6.07) is 14.2. The fraction of sp³-hybridized carbons (Fsp3) is 0.381. The molecule has 1 heterocycles. The van der Waals surface area contributed by atoms with Crippen molar-refractivity contribution in [1.82, 2.24) is 10.2 Å². The van der Waals surface area contributed by atoms with Gasteiger partial charge in [-0.2, -0.15) is 0 Å². The molecule has 3 rings (SSSR count). The molecular formula is C21H26N2O3S. The van der Waals surface area contributed by atoms with E-state index in [1.165, 1.54) is 37.0 Å². The van der Waals surface area contributed by atoms with Gasteiger partial charge in [0.15, 0.2) is 9.84 Å². The maximum absolute atomic E-state index is 12.4. The first-order valence-electron chi connectivity index (χ1n) is 9.31. The first-order valence-corrected chi connectivity index (χ1v) is 11.2. The van der Waals surface area contributed by atoms with Crippen LogP contribution in [-0.2, 0) is 22.9 Å². The summed E-state index contributed by atoms with van der Waals surface area (Å²) in [6.07, 6.45) is 4.97. The summed E-state index contributed by atoms with van der Waals surface area (Å²) in [4.78, 5) is 15.1. The molecule has 1 aliphatic rings. The molecule has 1 amide bonds. The summed E-state index contributed by atoms with van der Waals surface area (Å²) in [5.74, 6) is -0.206. The average Bonchev–Trinajstić information content (AvgIpc) is 2.67. The molecule has 0 atom stereocenters. The molecule has 1 fully saturated rings. The van der Waals surface area contributed by atoms with E-state index < -0.39 is 9.84 Å². The molecule has 0 saturated carbocycles. The molecule has 1 aliphatic heterocycles. The van der Waals surface area contributed by atoms with Crippen molar-refractivity contribution >= 4 is 15.7 Å². The SMILES string of the molecule is CS(=O)(=O)c1ccc(C(=O)NCc2ccccc2CN2CCCCC2)cc1. The standard InChI is InChI=1S/C21H26N2O3S/c1-27(25,26)20-11-9-17(10-12-20)21(24)22-15-18-7-3-4-8-19(18)16-23-13-5-2-6-14-23/h3-4,7-12H,2,5-6,13-16H2,1H3,(H,22,24). The van der Waals surface area contributed by atoms with E-state index in [-0.39, 0.29) is 10.8 Å². The minimum atomic E-state index is -3.26. The van der Waals surface area contributed by atoms with Crippen molar-refractivity contribution in [3.05, 3.63) is 65.2 Å². The largest absolute Gasteiger partial charge is 0.348 e. The van der Waals surface area contributed by atoms with Gasteiger partial charge in [-0.15, -0.1) is 0 Å². The van der Waals surface area contributed by atoms with Crippen LogP contribution in [0.25, 0.3) is 0 Å². The molecule has 2 aromatic carbocycles. The smallest absolute Gasteiger partial charge is 0.251 e. The fourth-order valence-corrected chi connectivity index (χ4v) is 4.00. The number of nitrogens with one attached hydrogen (secondary N) is 1. The molecule has 0 radical (unpaired) electrons. The number of likely N-dealkylation sites (tertiary alicyclic amines) is 1. The third-order valence-corrected chi connectivity index (χ3v) is 6.07. The van der Waals surface area contributed by atoms with Crippen LogP contribution in [0.5, 0.6) is 0 Å². The Hall–Kier alpha value is -2.18. The number of rotatable bonds is 6. The highest BCUT2D eigenvalue weighted by Gasteiger charge is 2.14. The monoisotopic (exact) mass is 386 g/mol. The number of carbonyl (C=O) groups excluding carboxylic acids is 1. The second kappa shape index (κ2) is 8.67. The third kappa shape index (κ3) is 5.40. The lowest BCUT2D eigenvalue weighted by molar-refractivity contribution is 0.0950. The van der Waals surface area contributed by atoms with Crippen molar-refractivity contribution in [1.29, 1.82) is 0 Å². The van der Waals surface area contributed by atoms with E-state index >= 15 is 0 Å². The normalized spacial score (nSPS) is 15.4. The summed E-state index contributed by atoms with van der Waals surface area (Å²) in [7, 11) is -3.26. The van der Waals surface area contributed by atoms with Crippen LogP contribution in [0.2, 0.25) is 0 Å². The molecule has 1 N–H and O–H groups in total. The highest BCUT2D eigenvalue weighted by Crippen LogP contribution is 2.16. The molecule has 6 heteroatoms. The van der Waals surface area contributed by atoms with Crippen LogP contribution in [0, 0.1) is 0 Å². The van der Waals surface area contributed by atoms with Crippen LogP contribution in [0.4, 0.5) is 0 Å². The van der Waals surface area contributed by atoms with Crippen LogP contribution in [0.3, 0.4) is 0 Å². The fourth-order valence-electron chi connectivity index (χ4n) is 3.37. The molecule has 1 saturated heterocycles. The lowest BCUT2D eigenvalue weighted by atomic mass is 10.0. The lowest BCUT2D eigenvalue weighted by Gasteiger charge is -2.27. The highest BCUT2D eigenvalue weighted by molar-refractivity contribution is 7.90. The van der Waals surface area contributed by atoms with Gasteiger partial charge in [0.25, 0.3) is 5.91 Å². The summed E-state index contributed by atoms with van der Waals surface area (Å²) < 4.78 is 23.0. The van der Waals surface area contributed by atoms with Gasteiger partial charge in [-0.25, -0.2) is 8.42 Å². The highest BCUT2D eigenvalue weighted by atomic mass is 32.2. The number of hydrogen-bond acceptors (Lipinski definition) is 4. The Morgan fingerprint density at radius 3 is 2.22 bits per heavy atom. The lowest BCUT2D eigenvalue weighted by Crippen LogP contribution is -2.30. The van der Waals surface area contributed by atoms with E-state index in [0.717, 1.165) is 31.5 Å². The molecular weight excluding hydrogens is 360 g/mol. The third-order valence-electron chi connectivity index (χ3n) is 4.95. The molecule has 0 aliphatic carbocycles.